The Morgan fingerprint density at radius 1 is 1.21 bits per heavy atom. The molecular formula is C21H30N5O2S+. The molecule has 1 aliphatic heterocycles. The Labute approximate surface area is 176 Å². The van der Waals surface area contributed by atoms with Crippen LogP contribution in [0.25, 0.3) is 5.69 Å². The molecule has 0 bridgehead atoms. The molecule has 3 rings (SSSR count). The Hall–Kier alpha value is -2.32. The van der Waals surface area contributed by atoms with Crippen LogP contribution >= 0.6 is 11.8 Å². The number of nitrogens with one attached hydrogen (secondary N) is 3. The van der Waals surface area contributed by atoms with Gasteiger partial charge >= 0.3 is 11.8 Å². The van der Waals surface area contributed by atoms with Crippen LogP contribution in [-0.2, 0) is 21.1 Å². The summed E-state index contributed by atoms with van der Waals surface area (Å²) in [5, 5.41) is 10.2. The molecule has 0 saturated heterocycles. The summed E-state index contributed by atoms with van der Waals surface area (Å²) >= 11 is 1.76. The molecule has 3 N–H and O–H groups in total. The lowest BCUT2D eigenvalue weighted by atomic mass is 10.2. The second-order valence-electron chi connectivity index (χ2n) is 7.29. The highest BCUT2D eigenvalue weighted by Crippen LogP contribution is 2.36. The molecule has 29 heavy (non-hydrogen) atoms. The summed E-state index contributed by atoms with van der Waals surface area (Å²) in [5.74, 6) is 0.954. The van der Waals surface area contributed by atoms with Crippen molar-refractivity contribution in [1.29, 1.82) is 0 Å². The number of carbonyl (C=O) groups excluding carboxylic acids is 2. The average Bonchev–Trinajstić information content (AvgIpc) is 3.30. The van der Waals surface area contributed by atoms with Crippen molar-refractivity contribution in [2.75, 3.05) is 31.5 Å². The molecule has 2 amide bonds. The topological polar surface area (TPSA) is 80.5 Å². The molecule has 1 aliphatic rings. The third-order valence-electron chi connectivity index (χ3n) is 5.23. The molecule has 156 valence electrons. The van der Waals surface area contributed by atoms with E-state index in [2.05, 4.69) is 29.6 Å². The molecule has 0 radical (unpaired) electrons. The van der Waals surface area contributed by atoms with Crippen LogP contribution in [0.4, 0.5) is 5.82 Å². The van der Waals surface area contributed by atoms with Crippen LogP contribution in [-0.4, -0.2) is 47.8 Å². The molecule has 8 heteroatoms. The zero-order valence-electron chi connectivity index (χ0n) is 17.4. The third kappa shape index (κ3) is 5.19. The molecule has 2 heterocycles. The number of carbonyl (C=O) groups is 2. The first-order valence-corrected chi connectivity index (χ1v) is 11.4. The Balaban J connectivity index is 1.66. The number of rotatable bonds is 8. The van der Waals surface area contributed by atoms with Crippen LogP contribution in [0.1, 0.15) is 37.1 Å². The van der Waals surface area contributed by atoms with Gasteiger partial charge < -0.3 is 15.5 Å². The van der Waals surface area contributed by atoms with E-state index in [-0.39, 0.29) is 0 Å². The van der Waals surface area contributed by atoms with E-state index in [9.17, 15) is 9.59 Å². The lowest BCUT2D eigenvalue weighted by molar-refractivity contribution is -0.896. The third-order valence-corrected chi connectivity index (χ3v) is 6.20. The number of thioether (sulfide) groups is 1. The summed E-state index contributed by atoms with van der Waals surface area (Å²) in [4.78, 5) is 26.3. The minimum absolute atomic E-state index is 0.501. The number of aryl methyl sites for hydroxylation is 1. The van der Waals surface area contributed by atoms with Gasteiger partial charge in [-0.1, -0.05) is 12.1 Å². The number of anilines is 1. The van der Waals surface area contributed by atoms with Gasteiger partial charge in [0.05, 0.1) is 31.0 Å². The molecule has 2 aromatic rings. The van der Waals surface area contributed by atoms with Crippen LogP contribution in [0.2, 0.25) is 0 Å². The number of benzene rings is 1. The zero-order valence-corrected chi connectivity index (χ0v) is 18.2. The number of fused-ring (bicyclic) bond motifs is 1. The molecule has 0 fully saturated rings. The highest BCUT2D eigenvalue weighted by molar-refractivity contribution is 7.98. The van der Waals surface area contributed by atoms with Crippen molar-refractivity contribution in [3.63, 3.8) is 0 Å². The maximum atomic E-state index is 12.5. The molecule has 0 spiro atoms. The summed E-state index contributed by atoms with van der Waals surface area (Å²) in [7, 11) is 0. The Morgan fingerprint density at radius 3 is 2.72 bits per heavy atom. The molecule has 1 aromatic heterocycles. The number of nitrogens with zero attached hydrogens (tertiary/aromatic N) is 2. The van der Waals surface area contributed by atoms with Gasteiger partial charge in [-0.3, -0.25) is 9.59 Å². The van der Waals surface area contributed by atoms with Gasteiger partial charge in [0.1, 0.15) is 5.82 Å². The number of hydrogen-bond acceptors (Lipinski definition) is 4. The fraction of sp³-hybridized carbons (Fsp3) is 0.476. The highest BCUT2D eigenvalue weighted by atomic mass is 32.2. The minimum atomic E-state index is -0.645. The van der Waals surface area contributed by atoms with Crippen molar-refractivity contribution in [1.82, 2.24) is 15.1 Å². The van der Waals surface area contributed by atoms with Gasteiger partial charge in [-0.15, -0.1) is 0 Å². The average molecular weight is 417 g/mol. The Kier molecular flexibility index (Phi) is 7.33. The Morgan fingerprint density at radius 2 is 2.00 bits per heavy atom. The van der Waals surface area contributed by atoms with E-state index in [0.29, 0.717) is 12.4 Å². The molecular weight excluding hydrogens is 386 g/mol. The van der Waals surface area contributed by atoms with Crippen LogP contribution in [0.5, 0.6) is 0 Å². The second-order valence-corrected chi connectivity index (χ2v) is 8.27. The van der Waals surface area contributed by atoms with Crippen molar-refractivity contribution in [2.24, 2.45) is 0 Å². The van der Waals surface area contributed by atoms with Crippen molar-refractivity contribution < 1.29 is 14.5 Å². The molecule has 0 unspecified atom stereocenters. The predicted molar refractivity (Wildman–Crippen MR) is 116 cm³/mol. The lowest BCUT2D eigenvalue weighted by Crippen LogP contribution is -3.11. The van der Waals surface area contributed by atoms with Crippen molar-refractivity contribution >= 4 is 29.4 Å². The molecule has 0 aliphatic carbocycles. The molecule has 0 saturated carbocycles. The number of amides is 2. The van der Waals surface area contributed by atoms with Crippen LogP contribution < -0.4 is 15.5 Å². The van der Waals surface area contributed by atoms with E-state index in [1.165, 1.54) is 4.90 Å². The molecule has 7 nitrogen and oxygen atoms in total. The van der Waals surface area contributed by atoms with E-state index < -0.39 is 11.8 Å². The first-order valence-electron chi connectivity index (χ1n) is 10.2. The molecule has 0 atom stereocenters. The van der Waals surface area contributed by atoms with Crippen molar-refractivity contribution in [3.05, 3.63) is 41.1 Å². The predicted octanol–water partition coefficient (Wildman–Crippen LogP) is 1.30. The van der Waals surface area contributed by atoms with Crippen molar-refractivity contribution in [2.45, 2.75) is 38.7 Å². The smallest absolute Gasteiger partial charge is 0.314 e. The van der Waals surface area contributed by atoms with E-state index >= 15 is 0 Å². The second kappa shape index (κ2) is 9.93. The maximum Gasteiger partial charge on any atom is 0.314 e. The van der Waals surface area contributed by atoms with E-state index in [0.717, 1.165) is 60.1 Å². The van der Waals surface area contributed by atoms with Gasteiger partial charge in [-0.05, 0) is 38.5 Å². The van der Waals surface area contributed by atoms with Crippen LogP contribution in [0, 0.1) is 6.92 Å². The minimum Gasteiger partial charge on any atom is -0.348 e. The van der Waals surface area contributed by atoms with Gasteiger partial charge in [0, 0.05) is 30.0 Å². The van der Waals surface area contributed by atoms with E-state index in [1.807, 2.05) is 31.2 Å². The van der Waals surface area contributed by atoms with Gasteiger partial charge in [0.2, 0.25) is 0 Å². The monoisotopic (exact) mass is 416 g/mol. The van der Waals surface area contributed by atoms with Gasteiger partial charge in [-0.2, -0.15) is 16.9 Å². The lowest BCUT2D eigenvalue weighted by Gasteiger charge is -2.15. The van der Waals surface area contributed by atoms with Crippen molar-refractivity contribution in [3.8, 4) is 5.69 Å². The quantitative estimate of drug-likeness (QED) is 0.448. The van der Waals surface area contributed by atoms with Crippen LogP contribution in [0.3, 0.4) is 0 Å². The van der Waals surface area contributed by atoms with Gasteiger partial charge in [0.15, 0.2) is 0 Å². The summed E-state index contributed by atoms with van der Waals surface area (Å²) in [6.45, 7) is 9.94. The number of aromatic nitrogens is 2. The Bertz CT molecular complexity index is 876. The summed E-state index contributed by atoms with van der Waals surface area (Å²) in [5.41, 5.74) is 3.96. The molecule has 1 aromatic carbocycles. The fourth-order valence-corrected chi connectivity index (χ4v) is 4.51. The summed E-state index contributed by atoms with van der Waals surface area (Å²) in [6, 6.07) is 7.94. The number of quaternary nitrogens is 1. The first kappa shape index (κ1) is 21.4. The standard InChI is InChI=1S/C21H29N5O2S/c1-4-25(5-2)11-7-10-22-20(27)21(28)23-19-17-13-29-14-18(17)24-26(19)16-9-6-8-15(3)12-16/h6,8-9,12H,4-5,7,10-11,13-14H2,1-3H3,(H,22,27)(H,23,28)/p+1. The highest BCUT2D eigenvalue weighted by Gasteiger charge is 2.26. The fourth-order valence-electron chi connectivity index (χ4n) is 3.48. The SMILES string of the molecule is CC[NH+](CC)CCCNC(=O)C(=O)Nc1c2c(nn1-c1cccc(C)c1)CSC2. The van der Waals surface area contributed by atoms with Crippen LogP contribution in [0.15, 0.2) is 24.3 Å². The maximum absolute atomic E-state index is 12.5. The van der Waals surface area contributed by atoms with Gasteiger partial charge in [-0.25, -0.2) is 4.68 Å². The number of hydrogen-bond donors (Lipinski definition) is 3. The first-order chi connectivity index (χ1) is 14.0. The zero-order chi connectivity index (χ0) is 20.8. The van der Waals surface area contributed by atoms with Gasteiger partial charge in [0.25, 0.3) is 0 Å². The summed E-state index contributed by atoms with van der Waals surface area (Å²) in [6.07, 6.45) is 0.850. The van der Waals surface area contributed by atoms with E-state index in [1.54, 1.807) is 16.4 Å². The normalized spacial score (nSPS) is 12.8. The van der Waals surface area contributed by atoms with E-state index in [4.69, 9.17) is 0 Å². The summed E-state index contributed by atoms with van der Waals surface area (Å²) < 4.78 is 1.74. The largest absolute Gasteiger partial charge is 0.348 e.